The van der Waals surface area contributed by atoms with E-state index in [0.29, 0.717) is 10.8 Å². The number of esters is 1. The zero-order valence-electron chi connectivity index (χ0n) is 18.4. The Morgan fingerprint density at radius 2 is 1.70 bits per heavy atom. The van der Waals surface area contributed by atoms with Gasteiger partial charge < -0.3 is 4.74 Å². The second-order valence-corrected chi connectivity index (χ2v) is 11.3. The Bertz CT molecular complexity index is 571. The largest absolute Gasteiger partial charge is 0.463 e. The van der Waals surface area contributed by atoms with Gasteiger partial charge in [0.1, 0.15) is 6.10 Å². The molecule has 4 rings (SSSR count). The Morgan fingerprint density at radius 3 is 2.41 bits per heavy atom. The summed E-state index contributed by atoms with van der Waals surface area (Å²) in [5, 5.41) is 0. The zero-order chi connectivity index (χ0) is 19.4. The highest BCUT2D eigenvalue weighted by Gasteiger charge is 2.60. The van der Waals surface area contributed by atoms with Gasteiger partial charge in [0, 0.05) is 6.92 Å². The van der Waals surface area contributed by atoms with Gasteiger partial charge in [-0.15, -0.1) is 0 Å². The summed E-state index contributed by atoms with van der Waals surface area (Å²) in [5.41, 5.74) is 1.10. The fraction of sp³-hybridized carbons (Fsp3) is 0.960. The molecule has 0 aromatic rings. The number of carbonyl (C=O) groups excluding carboxylic acids is 1. The minimum absolute atomic E-state index is 0.0900. The van der Waals surface area contributed by atoms with Gasteiger partial charge in [-0.25, -0.2) is 0 Å². The lowest BCUT2D eigenvalue weighted by atomic mass is 9.44. The van der Waals surface area contributed by atoms with E-state index in [9.17, 15) is 4.79 Å². The molecule has 9 atom stereocenters. The van der Waals surface area contributed by atoms with Gasteiger partial charge in [0.15, 0.2) is 0 Å². The highest BCUT2D eigenvalue weighted by Crippen LogP contribution is 2.68. The molecule has 0 spiro atoms. The van der Waals surface area contributed by atoms with Crippen molar-refractivity contribution in [2.75, 3.05) is 0 Å². The van der Waals surface area contributed by atoms with E-state index in [0.717, 1.165) is 48.3 Å². The van der Waals surface area contributed by atoms with E-state index >= 15 is 0 Å². The lowest BCUT2D eigenvalue weighted by Crippen LogP contribution is -2.54. The molecule has 2 nitrogen and oxygen atoms in total. The normalized spacial score (nSPS) is 50.3. The number of carbonyl (C=O) groups is 1. The average molecular weight is 375 g/mol. The van der Waals surface area contributed by atoms with Crippen LogP contribution in [0.25, 0.3) is 0 Å². The molecule has 0 bridgehead atoms. The molecule has 0 radical (unpaired) electrons. The van der Waals surface area contributed by atoms with Gasteiger partial charge in [-0.1, -0.05) is 34.1 Å². The number of fused-ring (bicyclic) bond motifs is 5. The first-order chi connectivity index (χ1) is 12.8. The molecule has 2 heteroatoms. The third-order valence-corrected chi connectivity index (χ3v) is 10.4. The SMILES string of the molecule is CC[C@@H](C)[C@H]1CC[C@H]2[C@@H]3CC[C@@H]4C[C@H](OC(C)=O)CC[C@]4(C)[C@H]3CC[C@]12C. The number of ether oxygens (including phenoxy) is 1. The van der Waals surface area contributed by atoms with E-state index in [-0.39, 0.29) is 12.1 Å². The van der Waals surface area contributed by atoms with Crippen molar-refractivity contribution in [1.82, 2.24) is 0 Å². The van der Waals surface area contributed by atoms with E-state index in [1.54, 1.807) is 6.92 Å². The summed E-state index contributed by atoms with van der Waals surface area (Å²) in [6.45, 7) is 11.8. The maximum absolute atomic E-state index is 11.4. The van der Waals surface area contributed by atoms with Crippen molar-refractivity contribution in [2.45, 2.75) is 105 Å². The zero-order valence-corrected chi connectivity index (χ0v) is 18.4. The highest BCUT2D eigenvalue weighted by molar-refractivity contribution is 5.66. The summed E-state index contributed by atoms with van der Waals surface area (Å²) < 4.78 is 5.62. The van der Waals surface area contributed by atoms with Crippen LogP contribution in [0.1, 0.15) is 98.8 Å². The summed E-state index contributed by atoms with van der Waals surface area (Å²) in [7, 11) is 0. The predicted octanol–water partition coefficient (Wildman–Crippen LogP) is 6.62. The molecule has 154 valence electrons. The van der Waals surface area contributed by atoms with E-state index in [1.165, 1.54) is 51.4 Å². The lowest BCUT2D eigenvalue weighted by Gasteiger charge is -2.61. The van der Waals surface area contributed by atoms with E-state index in [1.807, 2.05) is 0 Å². The van der Waals surface area contributed by atoms with Gasteiger partial charge in [0.25, 0.3) is 0 Å². The van der Waals surface area contributed by atoms with Crippen molar-refractivity contribution >= 4 is 5.97 Å². The van der Waals surface area contributed by atoms with Crippen molar-refractivity contribution in [1.29, 1.82) is 0 Å². The minimum Gasteiger partial charge on any atom is -0.463 e. The number of rotatable bonds is 3. The first kappa shape index (κ1) is 19.8. The Labute approximate surface area is 167 Å². The Balaban J connectivity index is 1.52. The van der Waals surface area contributed by atoms with Crippen molar-refractivity contribution in [3.63, 3.8) is 0 Å². The molecule has 0 aliphatic heterocycles. The third kappa shape index (κ3) is 3.08. The molecular formula is C25H42O2. The van der Waals surface area contributed by atoms with Crippen LogP contribution in [0, 0.1) is 46.3 Å². The van der Waals surface area contributed by atoms with Crippen LogP contribution < -0.4 is 0 Å². The summed E-state index contributed by atoms with van der Waals surface area (Å²) in [4.78, 5) is 11.4. The molecule has 0 unspecified atom stereocenters. The Kier molecular flexibility index (Phi) is 5.17. The van der Waals surface area contributed by atoms with E-state index in [2.05, 4.69) is 27.7 Å². The quantitative estimate of drug-likeness (QED) is 0.519. The predicted molar refractivity (Wildman–Crippen MR) is 110 cm³/mol. The Hall–Kier alpha value is -0.530. The van der Waals surface area contributed by atoms with Gasteiger partial charge in [0.05, 0.1) is 0 Å². The third-order valence-electron chi connectivity index (χ3n) is 10.4. The van der Waals surface area contributed by atoms with Gasteiger partial charge >= 0.3 is 5.97 Å². The molecule has 0 aromatic carbocycles. The fourth-order valence-corrected chi connectivity index (χ4v) is 8.82. The fourth-order valence-electron chi connectivity index (χ4n) is 8.82. The van der Waals surface area contributed by atoms with Crippen LogP contribution >= 0.6 is 0 Å². The molecule has 4 saturated carbocycles. The molecule has 0 N–H and O–H groups in total. The van der Waals surface area contributed by atoms with Gasteiger partial charge in [0.2, 0.25) is 0 Å². The summed E-state index contributed by atoms with van der Waals surface area (Å²) >= 11 is 0. The topological polar surface area (TPSA) is 26.3 Å². The first-order valence-electron chi connectivity index (χ1n) is 12.0. The molecule has 27 heavy (non-hydrogen) atoms. The maximum Gasteiger partial charge on any atom is 0.302 e. The first-order valence-corrected chi connectivity index (χ1v) is 12.0. The molecule has 4 aliphatic rings. The van der Waals surface area contributed by atoms with Crippen LogP contribution in [0.4, 0.5) is 0 Å². The summed E-state index contributed by atoms with van der Waals surface area (Å²) in [6, 6.07) is 0. The van der Waals surface area contributed by atoms with Crippen molar-refractivity contribution < 1.29 is 9.53 Å². The molecule has 0 amide bonds. The number of hydrogen-bond acceptors (Lipinski definition) is 2. The second kappa shape index (κ2) is 7.06. The van der Waals surface area contributed by atoms with Crippen molar-refractivity contribution in [3.8, 4) is 0 Å². The van der Waals surface area contributed by atoms with Gasteiger partial charge in [-0.05, 0) is 104 Å². The van der Waals surface area contributed by atoms with Crippen molar-refractivity contribution in [3.05, 3.63) is 0 Å². The monoisotopic (exact) mass is 374 g/mol. The van der Waals surface area contributed by atoms with Gasteiger partial charge in [-0.2, -0.15) is 0 Å². The Morgan fingerprint density at radius 1 is 1.00 bits per heavy atom. The molecule has 0 aromatic heterocycles. The van der Waals surface area contributed by atoms with Crippen LogP contribution in [-0.4, -0.2) is 12.1 Å². The lowest BCUT2D eigenvalue weighted by molar-refractivity contribution is -0.160. The van der Waals surface area contributed by atoms with Crippen LogP contribution in [0.15, 0.2) is 0 Å². The molecule has 0 saturated heterocycles. The molecular weight excluding hydrogens is 332 g/mol. The van der Waals surface area contributed by atoms with Crippen molar-refractivity contribution in [2.24, 2.45) is 46.3 Å². The molecule has 4 fully saturated rings. The van der Waals surface area contributed by atoms with Crippen LogP contribution in [0.5, 0.6) is 0 Å². The van der Waals surface area contributed by atoms with Gasteiger partial charge in [-0.3, -0.25) is 4.79 Å². The van der Waals surface area contributed by atoms with E-state index < -0.39 is 0 Å². The van der Waals surface area contributed by atoms with Crippen LogP contribution in [-0.2, 0) is 9.53 Å². The second-order valence-electron chi connectivity index (χ2n) is 11.3. The summed E-state index contributed by atoms with van der Waals surface area (Å²) in [6.07, 6.45) is 13.7. The highest BCUT2D eigenvalue weighted by atomic mass is 16.5. The van der Waals surface area contributed by atoms with E-state index in [4.69, 9.17) is 4.74 Å². The maximum atomic E-state index is 11.4. The standard InChI is InChI=1S/C25H42O2/c1-6-16(2)21-9-10-22-20-8-7-18-15-19(27-17(3)26)11-13-24(18,4)23(20)12-14-25(21,22)5/h16,18-23H,6-15H2,1-5H3/t16-,18-,19-,20+,21-,22+,23+,24+,25-/m1/s1. The summed E-state index contributed by atoms with van der Waals surface area (Å²) in [5.74, 6) is 5.38. The number of hydrogen-bond donors (Lipinski definition) is 0. The minimum atomic E-state index is -0.0900. The molecule has 0 heterocycles. The molecule has 4 aliphatic carbocycles. The van der Waals surface area contributed by atoms with Crippen LogP contribution in [0.3, 0.4) is 0 Å². The smallest absolute Gasteiger partial charge is 0.302 e. The van der Waals surface area contributed by atoms with Crippen LogP contribution in [0.2, 0.25) is 0 Å². The average Bonchev–Trinajstić information content (AvgIpc) is 2.98.